The first-order chi connectivity index (χ1) is 40.7. The van der Waals surface area contributed by atoms with Crippen LogP contribution in [-0.2, 0) is 23.8 Å². The zero-order chi connectivity index (χ0) is 60.3. The van der Waals surface area contributed by atoms with Crippen LogP contribution < -0.4 is 5.32 Å². The quantitative estimate of drug-likeness (QED) is 0.0195. The van der Waals surface area contributed by atoms with Gasteiger partial charge in [0.25, 0.3) is 0 Å². The molecule has 0 spiro atoms. The first-order valence-electron chi connectivity index (χ1n) is 34.0. The van der Waals surface area contributed by atoms with Crippen molar-refractivity contribution >= 4 is 11.9 Å². The van der Waals surface area contributed by atoms with Gasteiger partial charge in [-0.15, -0.1) is 0 Å². The van der Waals surface area contributed by atoms with Gasteiger partial charge in [-0.1, -0.05) is 272 Å². The number of unbranched alkanes of at least 4 members (excludes halogenated alkanes) is 29. The molecular weight excluding hydrogens is 1040 g/mol. The van der Waals surface area contributed by atoms with Crippen molar-refractivity contribution < 1.29 is 49.3 Å². The van der Waals surface area contributed by atoms with Crippen molar-refractivity contribution in [3.05, 3.63) is 97.2 Å². The first-order valence-corrected chi connectivity index (χ1v) is 34.0. The number of esters is 1. The summed E-state index contributed by atoms with van der Waals surface area (Å²) < 4.78 is 17.6. The lowest BCUT2D eigenvalue weighted by molar-refractivity contribution is -0.305. The Kier molecular flexibility index (Phi) is 55.1. The molecule has 11 heteroatoms. The maximum absolute atomic E-state index is 13.5. The highest BCUT2D eigenvalue weighted by Gasteiger charge is 2.47. The zero-order valence-electron chi connectivity index (χ0n) is 53.0. The molecule has 1 aliphatic heterocycles. The number of hydrogen-bond donors (Lipinski definition) is 6. The number of carbonyl (C=O) groups excluding carboxylic acids is 2. The summed E-state index contributed by atoms with van der Waals surface area (Å²) in [5.41, 5.74) is 0. The van der Waals surface area contributed by atoms with E-state index in [2.05, 4.69) is 111 Å². The van der Waals surface area contributed by atoms with Gasteiger partial charge in [-0.05, 0) is 103 Å². The Morgan fingerprint density at radius 2 is 0.867 bits per heavy atom. The van der Waals surface area contributed by atoms with Gasteiger partial charge < -0.3 is 45.1 Å². The van der Waals surface area contributed by atoms with Crippen molar-refractivity contribution in [2.45, 2.75) is 333 Å². The van der Waals surface area contributed by atoms with E-state index in [0.29, 0.717) is 12.8 Å². The molecule has 0 bridgehead atoms. The van der Waals surface area contributed by atoms with Crippen LogP contribution in [0.3, 0.4) is 0 Å². The lowest BCUT2D eigenvalue weighted by Crippen LogP contribution is -2.61. The van der Waals surface area contributed by atoms with Gasteiger partial charge in [-0.25, -0.2) is 0 Å². The van der Waals surface area contributed by atoms with E-state index in [0.717, 1.165) is 89.9 Å². The molecule has 1 amide bonds. The molecule has 8 atom stereocenters. The minimum Gasteiger partial charge on any atom is -0.454 e. The highest BCUT2D eigenvalue weighted by atomic mass is 16.7. The maximum atomic E-state index is 13.5. The molecular formula is C72H125NO10. The van der Waals surface area contributed by atoms with Crippen LogP contribution in [0.25, 0.3) is 0 Å². The minimum atomic E-state index is -1.64. The normalized spacial score (nSPS) is 19.2. The molecule has 0 aromatic rings. The summed E-state index contributed by atoms with van der Waals surface area (Å²) in [6, 6.07) is -1.04. The van der Waals surface area contributed by atoms with E-state index in [1.165, 1.54) is 148 Å². The Bertz CT molecular complexity index is 1720. The van der Waals surface area contributed by atoms with Crippen molar-refractivity contribution in [2.24, 2.45) is 0 Å². The van der Waals surface area contributed by atoms with Crippen LogP contribution in [0, 0.1) is 0 Å². The zero-order valence-corrected chi connectivity index (χ0v) is 53.0. The predicted octanol–water partition coefficient (Wildman–Crippen LogP) is 17.1. The average Bonchev–Trinajstić information content (AvgIpc) is 3.58. The molecule has 0 aromatic heterocycles. The van der Waals surface area contributed by atoms with Gasteiger partial charge in [0.15, 0.2) is 12.4 Å². The van der Waals surface area contributed by atoms with Crippen LogP contribution in [0.15, 0.2) is 97.2 Å². The van der Waals surface area contributed by atoms with E-state index in [4.69, 9.17) is 14.2 Å². The third kappa shape index (κ3) is 46.5. The number of allylic oxidation sites excluding steroid dienone is 15. The third-order valence-corrected chi connectivity index (χ3v) is 15.5. The minimum absolute atomic E-state index is 0.0646. The Morgan fingerprint density at radius 1 is 0.482 bits per heavy atom. The lowest BCUT2D eigenvalue weighted by Gasteiger charge is -2.41. The van der Waals surface area contributed by atoms with E-state index in [1.54, 1.807) is 6.08 Å². The highest BCUT2D eigenvalue weighted by Crippen LogP contribution is 2.26. The molecule has 0 aliphatic carbocycles. The monoisotopic (exact) mass is 1160 g/mol. The van der Waals surface area contributed by atoms with E-state index in [-0.39, 0.29) is 19.4 Å². The van der Waals surface area contributed by atoms with E-state index in [9.17, 15) is 35.1 Å². The van der Waals surface area contributed by atoms with E-state index >= 15 is 0 Å². The van der Waals surface area contributed by atoms with Crippen molar-refractivity contribution in [3.63, 3.8) is 0 Å². The fraction of sp³-hybridized carbons (Fsp3) is 0.750. The predicted molar refractivity (Wildman–Crippen MR) is 347 cm³/mol. The fourth-order valence-corrected chi connectivity index (χ4v) is 10.1. The van der Waals surface area contributed by atoms with E-state index < -0.39 is 67.4 Å². The second kappa shape index (κ2) is 58.9. The highest BCUT2D eigenvalue weighted by molar-refractivity contribution is 5.80. The fourth-order valence-electron chi connectivity index (χ4n) is 10.1. The third-order valence-electron chi connectivity index (χ3n) is 15.5. The maximum Gasteiger partial charge on any atom is 0.306 e. The van der Waals surface area contributed by atoms with Gasteiger partial charge in [0, 0.05) is 6.42 Å². The summed E-state index contributed by atoms with van der Waals surface area (Å²) in [5, 5.41) is 57.2. The Morgan fingerprint density at radius 3 is 1.31 bits per heavy atom. The molecule has 0 aromatic carbocycles. The molecule has 478 valence electrons. The van der Waals surface area contributed by atoms with Crippen LogP contribution in [0.4, 0.5) is 0 Å². The molecule has 8 unspecified atom stereocenters. The van der Waals surface area contributed by atoms with Crippen LogP contribution in [-0.4, -0.2) is 99.6 Å². The van der Waals surface area contributed by atoms with E-state index in [1.807, 2.05) is 6.08 Å². The second-order valence-corrected chi connectivity index (χ2v) is 23.2. The number of carbonyl (C=O) groups is 2. The largest absolute Gasteiger partial charge is 0.454 e. The number of ether oxygens (including phenoxy) is 3. The van der Waals surface area contributed by atoms with Gasteiger partial charge in [-0.3, -0.25) is 9.59 Å². The van der Waals surface area contributed by atoms with Gasteiger partial charge >= 0.3 is 5.97 Å². The van der Waals surface area contributed by atoms with Crippen LogP contribution in [0.2, 0.25) is 0 Å². The smallest absolute Gasteiger partial charge is 0.306 e. The Hall–Kier alpha value is -3.42. The average molecular weight is 1160 g/mol. The number of rotatable bonds is 57. The van der Waals surface area contributed by atoms with Gasteiger partial charge in [-0.2, -0.15) is 0 Å². The molecule has 6 N–H and O–H groups in total. The molecule has 11 nitrogen and oxygen atoms in total. The second-order valence-electron chi connectivity index (χ2n) is 23.2. The molecule has 1 heterocycles. The first kappa shape index (κ1) is 77.6. The number of amides is 1. The van der Waals surface area contributed by atoms with Crippen molar-refractivity contribution in [1.82, 2.24) is 5.32 Å². The van der Waals surface area contributed by atoms with Crippen molar-refractivity contribution in [1.29, 1.82) is 0 Å². The number of aliphatic hydroxyl groups is 5. The molecule has 1 saturated heterocycles. The summed E-state index contributed by atoms with van der Waals surface area (Å²) in [6.07, 6.45) is 68.7. The molecule has 83 heavy (non-hydrogen) atoms. The summed E-state index contributed by atoms with van der Waals surface area (Å²) in [4.78, 5) is 26.6. The summed E-state index contributed by atoms with van der Waals surface area (Å²) >= 11 is 0. The van der Waals surface area contributed by atoms with Crippen molar-refractivity contribution in [3.8, 4) is 0 Å². The SMILES string of the molecule is CC/C=C\C/C=C\C/C=C\C/C=C\C/C=C\C/C=C\CCCCC(=O)OC1C(OCC(NC(=O)C(O)CCCCCCCCCCCC/C=C/CCCCCCCC)C(O)/C=C/CCCCCCCCCCCCC)OC(CO)C(O)C1O. The molecule has 0 saturated carbocycles. The van der Waals surface area contributed by atoms with Gasteiger partial charge in [0.2, 0.25) is 5.91 Å². The number of hydrogen-bond acceptors (Lipinski definition) is 10. The number of nitrogens with one attached hydrogen (secondary N) is 1. The Labute approximate surface area is 507 Å². The standard InChI is InChI=1S/C72H125NO10/c1-4-7-10-13-16-19-22-25-27-29-31-33-35-37-39-42-45-48-51-54-57-60-67(77)83-70-69(79)68(78)66(61-74)82-72(70)81-62-63(64(75)58-55-52-49-46-43-40-24-21-18-15-12-9-6-3)73-71(80)65(76)59-56-53-50-47-44-41-38-36-34-32-30-28-26-23-20-17-14-11-8-5-2/h7,10,16,19,25-28,31,33,37,39,45,48,55,58,63-66,68-70,72,74-76,78-79H,4-6,8-9,11-15,17-18,20-24,29-30,32,34-36,38,40-44,46-47,49-54,56-57,59-62H2,1-3H3,(H,73,80)/b10-7-,19-16-,27-25-,28-26+,33-31-,39-37-,48-45-,58-55+. The molecule has 0 radical (unpaired) electrons. The molecule has 1 fully saturated rings. The summed E-state index contributed by atoms with van der Waals surface area (Å²) in [7, 11) is 0. The topological polar surface area (TPSA) is 175 Å². The van der Waals surface area contributed by atoms with Crippen LogP contribution in [0.1, 0.15) is 284 Å². The van der Waals surface area contributed by atoms with Crippen molar-refractivity contribution in [2.75, 3.05) is 13.2 Å². The molecule has 1 aliphatic rings. The Balaban J connectivity index is 2.67. The van der Waals surface area contributed by atoms with Crippen LogP contribution in [0.5, 0.6) is 0 Å². The summed E-state index contributed by atoms with van der Waals surface area (Å²) in [5.74, 6) is -1.24. The molecule has 1 rings (SSSR count). The lowest BCUT2D eigenvalue weighted by atomic mass is 9.99. The van der Waals surface area contributed by atoms with Gasteiger partial charge in [0.1, 0.15) is 24.4 Å². The number of aliphatic hydroxyl groups excluding tert-OH is 5. The van der Waals surface area contributed by atoms with Crippen LogP contribution >= 0.6 is 0 Å². The summed E-state index contributed by atoms with van der Waals surface area (Å²) in [6.45, 7) is 5.67. The van der Waals surface area contributed by atoms with Gasteiger partial charge in [0.05, 0.1) is 25.4 Å².